The highest BCUT2D eigenvalue weighted by molar-refractivity contribution is 5.68. The number of methoxy groups -OCH3 is 2. The van der Waals surface area contributed by atoms with Gasteiger partial charge in [-0.25, -0.2) is 9.50 Å². The van der Waals surface area contributed by atoms with Crippen LogP contribution in [0.3, 0.4) is 0 Å². The molecule has 0 amide bonds. The van der Waals surface area contributed by atoms with Crippen LogP contribution in [0.15, 0.2) is 67.0 Å². The highest BCUT2D eigenvalue weighted by Gasteiger charge is 2.08. The van der Waals surface area contributed by atoms with Crippen molar-refractivity contribution in [1.82, 2.24) is 14.6 Å². The summed E-state index contributed by atoms with van der Waals surface area (Å²) in [6, 6.07) is 17.7. The summed E-state index contributed by atoms with van der Waals surface area (Å²) >= 11 is 0. The molecule has 0 bridgehead atoms. The van der Waals surface area contributed by atoms with Gasteiger partial charge in [0.25, 0.3) is 0 Å². The van der Waals surface area contributed by atoms with Crippen LogP contribution in [0.5, 0.6) is 11.5 Å². The zero-order valence-electron chi connectivity index (χ0n) is 14.0. The van der Waals surface area contributed by atoms with Crippen molar-refractivity contribution >= 4 is 5.65 Å². The van der Waals surface area contributed by atoms with Gasteiger partial charge in [0.05, 0.1) is 19.9 Å². The van der Waals surface area contributed by atoms with Crippen LogP contribution in [0.2, 0.25) is 0 Å². The third-order valence-electron chi connectivity index (χ3n) is 4.10. The van der Waals surface area contributed by atoms with E-state index in [9.17, 15) is 0 Å². The van der Waals surface area contributed by atoms with Crippen LogP contribution in [0, 0.1) is 0 Å². The van der Waals surface area contributed by atoms with Gasteiger partial charge in [0.15, 0.2) is 5.65 Å². The second-order valence-corrected chi connectivity index (χ2v) is 5.64. The maximum atomic E-state index is 5.29. The fraction of sp³-hybridized carbons (Fsp3) is 0.100. The Morgan fingerprint density at radius 3 is 2.36 bits per heavy atom. The number of ether oxygens (including phenoxy) is 2. The van der Waals surface area contributed by atoms with Crippen LogP contribution in [0.4, 0.5) is 0 Å². The number of hydrogen-bond acceptors (Lipinski definition) is 4. The summed E-state index contributed by atoms with van der Waals surface area (Å²) in [4.78, 5) is 4.53. The second-order valence-electron chi connectivity index (χ2n) is 5.64. The highest BCUT2D eigenvalue weighted by Crippen LogP contribution is 2.25. The first-order chi connectivity index (χ1) is 12.3. The van der Waals surface area contributed by atoms with Gasteiger partial charge in [0.1, 0.15) is 11.5 Å². The van der Waals surface area contributed by atoms with E-state index in [4.69, 9.17) is 9.47 Å². The molecule has 25 heavy (non-hydrogen) atoms. The van der Waals surface area contributed by atoms with E-state index >= 15 is 0 Å². The van der Waals surface area contributed by atoms with Gasteiger partial charge in [0.2, 0.25) is 0 Å². The molecular formula is C20H17N3O2. The van der Waals surface area contributed by atoms with Crippen LogP contribution in [-0.2, 0) is 0 Å². The first kappa shape index (κ1) is 15.2. The molecule has 0 fully saturated rings. The SMILES string of the molecule is COc1ccc(-c2cnc3cc(-c4cccc(OC)c4)nn3c2)cc1. The zero-order valence-corrected chi connectivity index (χ0v) is 14.0. The maximum absolute atomic E-state index is 5.29. The average molecular weight is 331 g/mol. The predicted molar refractivity (Wildman–Crippen MR) is 97.0 cm³/mol. The van der Waals surface area contributed by atoms with E-state index in [-0.39, 0.29) is 0 Å². The molecule has 0 unspecified atom stereocenters. The van der Waals surface area contributed by atoms with E-state index < -0.39 is 0 Å². The second kappa shape index (κ2) is 6.28. The lowest BCUT2D eigenvalue weighted by molar-refractivity contribution is 0.415. The smallest absolute Gasteiger partial charge is 0.155 e. The average Bonchev–Trinajstić information content (AvgIpc) is 3.11. The lowest BCUT2D eigenvalue weighted by Crippen LogP contribution is -1.92. The first-order valence-corrected chi connectivity index (χ1v) is 7.91. The Hall–Kier alpha value is -3.34. The Balaban J connectivity index is 1.73. The Labute approximate surface area is 145 Å². The highest BCUT2D eigenvalue weighted by atomic mass is 16.5. The summed E-state index contributed by atoms with van der Waals surface area (Å²) < 4.78 is 12.3. The van der Waals surface area contributed by atoms with E-state index in [1.54, 1.807) is 18.7 Å². The first-order valence-electron chi connectivity index (χ1n) is 7.91. The molecule has 0 aliphatic rings. The van der Waals surface area contributed by atoms with E-state index in [1.807, 2.05) is 67.0 Å². The number of benzene rings is 2. The van der Waals surface area contributed by atoms with Crippen molar-refractivity contribution in [2.45, 2.75) is 0 Å². The van der Waals surface area contributed by atoms with Gasteiger partial charge in [-0.15, -0.1) is 0 Å². The molecule has 2 aromatic heterocycles. The number of aromatic nitrogens is 3. The topological polar surface area (TPSA) is 48.7 Å². The summed E-state index contributed by atoms with van der Waals surface area (Å²) in [5.74, 6) is 1.64. The van der Waals surface area contributed by atoms with Crippen molar-refractivity contribution < 1.29 is 9.47 Å². The molecule has 0 radical (unpaired) electrons. The van der Waals surface area contributed by atoms with E-state index in [2.05, 4.69) is 10.1 Å². The molecule has 0 aliphatic heterocycles. The van der Waals surface area contributed by atoms with E-state index in [0.29, 0.717) is 0 Å². The standard InChI is InChI=1S/C20H17N3O2/c1-24-17-8-6-14(7-9-17)16-12-21-20-11-19(22-23(20)13-16)15-4-3-5-18(10-15)25-2/h3-13H,1-2H3. The maximum Gasteiger partial charge on any atom is 0.155 e. The van der Waals surface area contributed by atoms with Gasteiger partial charge < -0.3 is 9.47 Å². The van der Waals surface area contributed by atoms with Crippen LogP contribution in [0.25, 0.3) is 28.0 Å². The Morgan fingerprint density at radius 2 is 1.60 bits per heavy atom. The van der Waals surface area contributed by atoms with Crippen LogP contribution >= 0.6 is 0 Å². The molecule has 0 saturated heterocycles. The molecule has 0 aliphatic carbocycles. The molecule has 0 spiro atoms. The van der Waals surface area contributed by atoms with Gasteiger partial charge in [0, 0.05) is 29.6 Å². The van der Waals surface area contributed by atoms with Crippen molar-refractivity contribution in [2.75, 3.05) is 14.2 Å². The normalized spacial score (nSPS) is 10.8. The van der Waals surface area contributed by atoms with Crippen LogP contribution in [0.1, 0.15) is 0 Å². The minimum absolute atomic E-state index is 0.801. The molecule has 5 nitrogen and oxygen atoms in total. The molecule has 4 aromatic rings. The zero-order chi connectivity index (χ0) is 17.2. The Bertz CT molecular complexity index is 1020. The summed E-state index contributed by atoms with van der Waals surface area (Å²) in [5.41, 5.74) is 4.72. The Morgan fingerprint density at radius 1 is 0.800 bits per heavy atom. The number of rotatable bonds is 4. The summed E-state index contributed by atoms with van der Waals surface area (Å²) in [6.07, 6.45) is 3.84. The molecule has 0 atom stereocenters. The molecule has 5 heteroatoms. The molecule has 124 valence electrons. The fourth-order valence-corrected chi connectivity index (χ4v) is 2.73. The lowest BCUT2D eigenvalue weighted by atomic mass is 10.1. The summed E-state index contributed by atoms with van der Waals surface area (Å²) in [7, 11) is 3.32. The van der Waals surface area contributed by atoms with Crippen LogP contribution in [-0.4, -0.2) is 28.8 Å². The van der Waals surface area contributed by atoms with Gasteiger partial charge in [-0.1, -0.05) is 24.3 Å². The molecule has 4 rings (SSSR count). The minimum atomic E-state index is 0.801. The lowest BCUT2D eigenvalue weighted by Gasteiger charge is -2.04. The van der Waals surface area contributed by atoms with E-state index in [1.165, 1.54) is 0 Å². The van der Waals surface area contributed by atoms with Gasteiger partial charge in [-0.2, -0.15) is 5.10 Å². The quantitative estimate of drug-likeness (QED) is 0.565. The van der Waals surface area contributed by atoms with Crippen molar-refractivity contribution in [1.29, 1.82) is 0 Å². The number of fused-ring (bicyclic) bond motifs is 1. The van der Waals surface area contributed by atoms with Gasteiger partial charge in [-0.3, -0.25) is 0 Å². The molecule has 2 heterocycles. The molecule has 2 aromatic carbocycles. The van der Waals surface area contributed by atoms with Crippen molar-refractivity contribution in [3.63, 3.8) is 0 Å². The number of hydrogen-bond donors (Lipinski definition) is 0. The van der Waals surface area contributed by atoms with E-state index in [0.717, 1.165) is 39.5 Å². The predicted octanol–water partition coefficient (Wildman–Crippen LogP) is 4.08. The summed E-state index contributed by atoms with van der Waals surface area (Å²) in [5, 5.41) is 4.65. The van der Waals surface area contributed by atoms with Crippen molar-refractivity contribution in [3.05, 3.63) is 67.0 Å². The van der Waals surface area contributed by atoms with Gasteiger partial charge in [-0.05, 0) is 29.8 Å². The fourth-order valence-electron chi connectivity index (χ4n) is 2.73. The largest absolute Gasteiger partial charge is 0.497 e. The monoisotopic (exact) mass is 331 g/mol. The third kappa shape index (κ3) is 2.92. The van der Waals surface area contributed by atoms with Crippen molar-refractivity contribution in [3.8, 4) is 33.9 Å². The van der Waals surface area contributed by atoms with Crippen molar-refractivity contribution in [2.24, 2.45) is 0 Å². The minimum Gasteiger partial charge on any atom is -0.497 e. The molecular weight excluding hydrogens is 314 g/mol. The van der Waals surface area contributed by atoms with Gasteiger partial charge >= 0.3 is 0 Å². The molecule has 0 N–H and O–H groups in total. The Kier molecular flexibility index (Phi) is 3.82. The van der Waals surface area contributed by atoms with Crippen LogP contribution < -0.4 is 9.47 Å². The summed E-state index contributed by atoms with van der Waals surface area (Å²) in [6.45, 7) is 0. The number of nitrogens with zero attached hydrogens (tertiary/aromatic N) is 3. The molecule has 0 saturated carbocycles. The third-order valence-corrected chi connectivity index (χ3v) is 4.10.